The van der Waals surface area contributed by atoms with Crippen LogP contribution in [0, 0.1) is 0 Å². The molecule has 1 aliphatic heterocycles. The van der Waals surface area contributed by atoms with E-state index in [-0.39, 0.29) is 4.83 Å². The summed E-state index contributed by atoms with van der Waals surface area (Å²) in [6, 6.07) is 11.6. The van der Waals surface area contributed by atoms with Crippen molar-refractivity contribution in [2.75, 3.05) is 20.3 Å². The zero-order chi connectivity index (χ0) is 14.8. The Morgan fingerprint density at radius 2 is 1.71 bits per heavy atom. The van der Waals surface area contributed by atoms with Gasteiger partial charge in [-0.3, -0.25) is 0 Å². The first-order valence-corrected chi connectivity index (χ1v) is 7.85. The van der Waals surface area contributed by atoms with E-state index in [1.165, 1.54) is 0 Å². The maximum absolute atomic E-state index is 6.37. The van der Waals surface area contributed by atoms with Gasteiger partial charge in [-0.05, 0) is 29.3 Å². The molecular weight excluding hydrogens is 356 g/mol. The van der Waals surface area contributed by atoms with Crippen molar-refractivity contribution in [1.82, 2.24) is 0 Å². The Morgan fingerprint density at radius 3 is 2.33 bits per heavy atom. The first-order chi connectivity index (χ1) is 10.2. The molecule has 1 unspecified atom stereocenters. The average Bonchev–Trinajstić information content (AvgIpc) is 2.53. The third kappa shape index (κ3) is 2.97. The van der Waals surface area contributed by atoms with Gasteiger partial charge in [0.25, 0.3) is 0 Å². The van der Waals surface area contributed by atoms with Crippen LogP contribution >= 0.6 is 27.5 Å². The van der Waals surface area contributed by atoms with E-state index < -0.39 is 0 Å². The van der Waals surface area contributed by atoms with Crippen LogP contribution < -0.4 is 14.2 Å². The van der Waals surface area contributed by atoms with E-state index in [1.807, 2.05) is 36.4 Å². The van der Waals surface area contributed by atoms with E-state index in [9.17, 15) is 0 Å². The molecule has 0 bridgehead atoms. The molecule has 1 atom stereocenters. The molecule has 0 aromatic heterocycles. The molecule has 0 saturated carbocycles. The smallest absolute Gasteiger partial charge is 0.162 e. The third-order valence-electron chi connectivity index (χ3n) is 3.34. The predicted octanol–water partition coefficient (Wildman–Crippen LogP) is 4.60. The van der Waals surface area contributed by atoms with Crippen LogP contribution in [0.3, 0.4) is 0 Å². The lowest BCUT2D eigenvalue weighted by atomic mass is 10.0. The lowest BCUT2D eigenvalue weighted by Gasteiger charge is -2.21. The standard InChI is InChI=1S/C16H14BrClO3/c1-19-11-4-2-10(3-5-11)16(17)12-8-14-15(9-13(12)18)21-7-6-20-14/h2-5,8-9,16H,6-7H2,1H3. The fourth-order valence-electron chi connectivity index (χ4n) is 2.23. The van der Waals surface area contributed by atoms with E-state index in [0.717, 1.165) is 22.6 Å². The Balaban J connectivity index is 1.94. The molecule has 0 fully saturated rings. The van der Waals surface area contributed by atoms with Crippen molar-refractivity contribution >= 4 is 27.5 Å². The second kappa shape index (κ2) is 6.16. The number of hydrogen-bond donors (Lipinski definition) is 0. The van der Waals surface area contributed by atoms with Gasteiger partial charge in [-0.2, -0.15) is 0 Å². The van der Waals surface area contributed by atoms with Crippen LogP contribution in [-0.2, 0) is 0 Å². The molecule has 0 amide bonds. The molecule has 0 radical (unpaired) electrons. The highest BCUT2D eigenvalue weighted by Crippen LogP contribution is 2.42. The zero-order valence-electron chi connectivity index (χ0n) is 11.4. The summed E-state index contributed by atoms with van der Waals surface area (Å²) >= 11 is 10.1. The Kier molecular flexibility index (Phi) is 4.27. The summed E-state index contributed by atoms with van der Waals surface area (Å²) in [6.45, 7) is 1.11. The number of hydrogen-bond acceptors (Lipinski definition) is 3. The van der Waals surface area contributed by atoms with Crippen LogP contribution in [0.4, 0.5) is 0 Å². The summed E-state index contributed by atoms with van der Waals surface area (Å²) in [5, 5.41) is 0.650. The van der Waals surface area contributed by atoms with Gasteiger partial charge in [0.15, 0.2) is 11.5 Å². The van der Waals surface area contributed by atoms with E-state index >= 15 is 0 Å². The number of rotatable bonds is 3. The Hall–Kier alpha value is -1.39. The molecule has 1 aliphatic rings. The van der Waals surface area contributed by atoms with Crippen molar-refractivity contribution in [3.05, 3.63) is 52.5 Å². The fourth-order valence-corrected chi connectivity index (χ4v) is 3.30. The molecule has 3 rings (SSSR count). The normalized spacial score (nSPS) is 14.6. The van der Waals surface area contributed by atoms with Crippen molar-refractivity contribution in [3.8, 4) is 17.2 Å². The summed E-state index contributed by atoms with van der Waals surface area (Å²) in [6.07, 6.45) is 0. The molecule has 2 aromatic carbocycles. The van der Waals surface area contributed by atoms with Gasteiger partial charge < -0.3 is 14.2 Å². The minimum absolute atomic E-state index is 0.0215. The van der Waals surface area contributed by atoms with Crippen molar-refractivity contribution in [3.63, 3.8) is 0 Å². The van der Waals surface area contributed by atoms with Crippen LogP contribution in [0.1, 0.15) is 16.0 Å². The van der Waals surface area contributed by atoms with Gasteiger partial charge >= 0.3 is 0 Å². The molecule has 21 heavy (non-hydrogen) atoms. The molecule has 0 spiro atoms. The van der Waals surface area contributed by atoms with Gasteiger partial charge in [-0.1, -0.05) is 39.7 Å². The molecule has 110 valence electrons. The van der Waals surface area contributed by atoms with Crippen LogP contribution in [0.2, 0.25) is 5.02 Å². The maximum atomic E-state index is 6.37. The molecule has 2 aromatic rings. The fraction of sp³-hybridized carbons (Fsp3) is 0.250. The molecular formula is C16H14BrClO3. The van der Waals surface area contributed by atoms with Crippen LogP contribution in [0.15, 0.2) is 36.4 Å². The summed E-state index contributed by atoms with van der Waals surface area (Å²) in [7, 11) is 1.65. The molecule has 0 N–H and O–H groups in total. The maximum Gasteiger partial charge on any atom is 0.162 e. The van der Waals surface area contributed by atoms with E-state index in [4.69, 9.17) is 25.8 Å². The quantitative estimate of drug-likeness (QED) is 0.740. The van der Waals surface area contributed by atoms with E-state index in [2.05, 4.69) is 15.9 Å². The largest absolute Gasteiger partial charge is 0.497 e. The highest BCUT2D eigenvalue weighted by atomic mass is 79.9. The second-order valence-electron chi connectivity index (χ2n) is 4.65. The van der Waals surface area contributed by atoms with Gasteiger partial charge in [0.1, 0.15) is 19.0 Å². The topological polar surface area (TPSA) is 27.7 Å². The second-order valence-corrected chi connectivity index (χ2v) is 5.98. The monoisotopic (exact) mass is 368 g/mol. The van der Waals surface area contributed by atoms with Crippen LogP contribution in [0.5, 0.6) is 17.2 Å². The van der Waals surface area contributed by atoms with Gasteiger partial charge in [-0.25, -0.2) is 0 Å². The molecule has 0 aliphatic carbocycles. The first kappa shape index (κ1) is 14.5. The van der Waals surface area contributed by atoms with E-state index in [0.29, 0.717) is 24.0 Å². The Labute approximate surface area is 136 Å². The minimum Gasteiger partial charge on any atom is -0.497 e. The summed E-state index contributed by atoms with van der Waals surface area (Å²) in [4.78, 5) is -0.0215. The lowest BCUT2D eigenvalue weighted by Crippen LogP contribution is -2.15. The number of halogens is 2. The van der Waals surface area contributed by atoms with E-state index in [1.54, 1.807) is 7.11 Å². The van der Waals surface area contributed by atoms with Gasteiger partial charge in [0.2, 0.25) is 0 Å². The molecule has 3 nitrogen and oxygen atoms in total. The van der Waals surface area contributed by atoms with Gasteiger partial charge in [0, 0.05) is 11.1 Å². The highest BCUT2D eigenvalue weighted by molar-refractivity contribution is 9.09. The third-order valence-corrected chi connectivity index (χ3v) is 4.69. The average molecular weight is 370 g/mol. The van der Waals surface area contributed by atoms with Gasteiger partial charge in [0.05, 0.1) is 11.9 Å². The minimum atomic E-state index is -0.0215. The summed E-state index contributed by atoms with van der Waals surface area (Å²) in [5.41, 5.74) is 2.04. The molecule has 1 heterocycles. The summed E-state index contributed by atoms with van der Waals surface area (Å²) < 4.78 is 16.3. The predicted molar refractivity (Wildman–Crippen MR) is 86.2 cm³/mol. The number of benzene rings is 2. The first-order valence-electron chi connectivity index (χ1n) is 6.56. The van der Waals surface area contributed by atoms with Gasteiger partial charge in [-0.15, -0.1) is 0 Å². The van der Waals surface area contributed by atoms with Crippen LogP contribution in [0.25, 0.3) is 0 Å². The zero-order valence-corrected chi connectivity index (χ0v) is 13.8. The number of methoxy groups -OCH3 is 1. The van der Waals surface area contributed by atoms with Crippen molar-refractivity contribution in [2.24, 2.45) is 0 Å². The number of alkyl halides is 1. The Bertz CT molecular complexity index is 643. The van der Waals surface area contributed by atoms with Crippen molar-refractivity contribution in [1.29, 1.82) is 0 Å². The van der Waals surface area contributed by atoms with Crippen molar-refractivity contribution in [2.45, 2.75) is 4.83 Å². The molecule has 0 saturated heterocycles. The summed E-state index contributed by atoms with van der Waals surface area (Å²) in [5.74, 6) is 2.26. The lowest BCUT2D eigenvalue weighted by molar-refractivity contribution is 0.171. The number of ether oxygens (including phenoxy) is 3. The van der Waals surface area contributed by atoms with Crippen molar-refractivity contribution < 1.29 is 14.2 Å². The Morgan fingerprint density at radius 1 is 1.10 bits per heavy atom. The SMILES string of the molecule is COc1ccc(C(Br)c2cc3c(cc2Cl)OCCO3)cc1. The van der Waals surface area contributed by atoms with Crippen LogP contribution in [-0.4, -0.2) is 20.3 Å². The highest BCUT2D eigenvalue weighted by Gasteiger charge is 2.20. The molecule has 5 heteroatoms. The number of fused-ring (bicyclic) bond motifs is 1.